The van der Waals surface area contributed by atoms with Crippen LogP contribution in [0.4, 0.5) is 5.69 Å². The monoisotopic (exact) mass is 247 g/mol. The van der Waals surface area contributed by atoms with Crippen LogP contribution < -0.4 is 4.90 Å². The lowest BCUT2D eigenvalue weighted by Crippen LogP contribution is -2.39. The van der Waals surface area contributed by atoms with E-state index in [9.17, 15) is 9.90 Å². The average Bonchev–Trinajstić information content (AvgIpc) is 2.79. The van der Waals surface area contributed by atoms with Gasteiger partial charge in [0.2, 0.25) is 0 Å². The first-order valence-corrected chi connectivity index (χ1v) is 6.55. The van der Waals surface area contributed by atoms with Crippen LogP contribution in [0.25, 0.3) is 0 Å². The molecule has 1 aliphatic carbocycles. The van der Waals surface area contributed by atoms with E-state index in [0.29, 0.717) is 6.54 Å². The van der Waals surface area contributed by atoms with Gasteiger partial charge in [-0.2, -0.15) is 0 Å². The maximum atomic E-state index is 11.5. The Balaban J connectivity index is 2.12. The van der Waals surface area contributed by atoms with E-state index in [4.69, 9.17) is 0 Å². The van der Waals surface area contributed by atoms with Gasteiger partial charge >= 0.3 is 5.97 Å². The summed E-state index contributed by atoms with van der Waals surface area (Å²) in [5.74, 6) is -0.640. The maximum absolute atomic E-state index is 11.5. The summed E-state index contributed by atoms with van der Waals surface area (Å²) in [7, 11) is 1.98. The second-order valence-corrected chi connectivity index (χ2v) is 5.48. The Morgan fingerprint density at radius 1 is 1.28 bits per heavy atom. The molecular formula is C15H21NO2. The minimum Gasteiger partial charge on any atom is -0.481 e. The van der Waals surface area contributed by atoms with Crippen molar-refractivity contribution in [1.82, 2.24) is 0 Å². The lowest BCUT2D eigenvalue weighted by Gasteiger charge is -2.31. The van der Waals surface area contributed by atoms with E-state index in [1.165, 1.54) is 5.56 Å². The quantitative estimate of drug-likeness (QED) is 0.889. The second-order valence-electron chi connectivity index (χ2n) is 5.48. The number of aryl methyl sites for hydroxylation is 1. The number of hydrogen-bond acceptors (Lipinski definition) is 2. The van der Waals surface area contributed by atoms with Crippen molar-refractivity contribution in [2.24, 2.45) is 5.41 Å². The number of carbonyl (C=O) groups is 1. The van der Waals surface area contributed by atoms with E-state index in [-0.39, 0.29) is 0 Å². The summed E-state index contributed by atoms with van der Waals surface area (Å²) in [6.07, 6.45) is 3.68. The van der Waals surface area contributed by atoms with E-state index in [1.54, 1.807) is 0 Å². The van der Waals surface area contributed by atoms with Crippen molar-refractivity contribution in [3.63, 3.8) is 0 Å². The third-order valence-electron chi connectivity index (χ3n) is 4.03. The summed E-state index contributed by atoms with van der Waals surface area (Å²) < 4.78 is 0. The molecule has 2 rings (SSSR count). The molecule has 1 aromatic rings. The molecule has 1 saturated carbocycles. The summed E-state index contributed by atoms with van der Waals surface area (Å²) in [6.45, 7) is 2.66. The van der Waals surface area contributed by atoms with Crippen LogP contribution in [0.2, 0.25) is 0 Å². The molecule has 0 heterocycles. The molecule has 0 radical (unpaired) electrons. The summed E-state index contributed by atoms with van der Waals surface area (Å²) >= 11 is 0. The molecule has 0 aliphatic heterocycles. The molecule has 1 aromatic carbocycles. The number of benzene rings is 1. The molecule has 3 heteroatoms. The van der Waals surface area contributed by atoms with Gasteiger partial charge in [0.25, 0.3) is 0 Å². The zero-order chi connectivity index (χ0) is 13.2. The smallest absolute Gasteiger partial charge is 0.311 e. The fraction of sp³-hybridized carbons (Fsp3) is 0.533. The van der Waals surface area contributed by atoms with Gasteiger partial charge in [-0.1, -0.05) is 30.5 Å². The van der Waals surface area contributed by atoms with Gasteiger partial charge in [-0.25, -0.2) is 0 Å². The molecule has 1 fully saturated rings. The Morgan fingerprint density at radius 2 is 1.83 bits per heavy atom. The van der Waals surface area contributed by atoms with Crippen LogP contribution in [0.5, 0.6) is 0 Å². The van der Waals surface area contributed by atoms with Crippen molar-refractivity contribution in [2.45, 2.75) is 32.6 Å². The molecule has 3 nitrogen and oxygen atoms in total. The van der Waals surface area contributed by atoms with Crippen molar-refractivity contribution in [3.8, 4) is 0 Å². The number of rotatable bonds is 4. The third-order valence-corrected chi connectivity index (χ3v) is 4.03. The molecular weight excluding hydrogens is 226 g/mol. The van der Waals surface area contributed by atoms with E-state index in [0.717, 1.165) is 31.4 Å². The highest BCUT2D eigenvalue weighted by Crippen LogP contribution is 2.39. The molecule has 0 saturated heterocycles. The SMILES string of the molecule is Cc1ccc(N(C)CC2(C(=O)O)CCCC2)cc1. The molecule has 1 aliphatic rings. The van der Waals surface area contributed by atoms with Gasteiger partial charge in [0, 0.05) is 19.3 Å². The molecule has 0 aromatic heterocycles. The van der Waals surface area contributed by atoms with E-state index in [2.05, 4.69) is 36.1 Å². The van der Waals surface area contributed by atoms with Crippen LogP contribution in [0.15, 0.2) is 24.3 Å². The molecule has 0 spiro atoms. The Kier molecular flexibility index (Phi) is 3.60. The minimum atomic E-state index is -0.640. The molecule has 1 N–H and O–H groups in total. The molecule has 18 heavy (non-hydrogen) atoms. The van der Waals surface area contributed by atoms with Crippen molar-refractivity contribution in [1.29, 1.82) is 0 Å². The first-order valence-electron chi connectivity index (χ1n) is 6.55. The van der Waals surface area contributed by atoms with E-state index >= 15 is 0 Å². The zero-order valence-electron chi connectivity index (χ0n) is 11.1. The fourth-order valence-corrected chi connectivity index (χ4v) is 2.84. The fourth-order valence-electron chi connectivity index (χ4n) is 2.84. The summed E-state index contributed by atoms with van der Waals surface area (Å²) in [4.78, 5) is 13.6. The Bertz CT molecular complexity index is 419. The highest BCUT2D eigenvalue weighted by molar-refractivity contribution is 5.76. The highest BCUT2D eigenvalue weighted by Gasteiger charge is 2.42. The van der Waals surface area contributed by atoms with Crippen LogP contribution in [-0.4, -0.2) is 24.7 Å². The molecule has 0 amide bonds. The summed E-state index contributed by atoms with van der Waals surface area (Å²) in [5.41, 5.74) is 1.77. The van der Waals surface area contributed by atoms with Crippen molar-refractivity contribution in [2.75, 3.05) is 18.5 Å². The van der Waals surface area contributed by atoms with Crippen LogP contribution in [0, 0.1) is 12.3 Å². The molecule has 98 valence electrons. The Morgan fingerprint density at radius 3 is 2.33 bits per heavy atom. The second kappa shape index (κ2) is 5.01. The standard InChI is InChI=1S/C15H21NO2/c1-12-5-7-13(8-6-12)16(2)11-15(14(17)18)9-3-4-10-15/h5-8H,3-4,9-11H2,1-2H3,(H,17,18). The predicted octanol–water partition coefficient (Wildman–Crippen LogP) is 3.08. The number of anilines is 1. The average molecular weight is 247 g/mol. The van der Waals surface area contributed by atoms with Gasteiger partial charge < -0.3 is 10.0 Å². The lowest BCUT2D eigenvalue weighted by atomic mass is 9.85. The largest absolute Gasteiger partial charge is 0.481 e. The number of carboxylic acids is 1. The third kappa shape index (κ3) is 2.50. The van der Waals surface area contributed by atoms with Crippen molar-refractivity contribution >= 4 is 11.7 Å². The minimum absolute atomic E-state index is 0.542. The highest BCUT2D eigenvalue weighted by atomic mass is 16.4. The Hall–Kier alpha value is -1.51. The van der Waals surface area contributed by atoms with Gasteiger partial charge in [0.05, 0.1) is 5.41 Å². The summed E-state index contributed by atoms with van der Waals surface area (Å²) in [6, 6.07) is 8.24. The van der Waals surface area contributed by atoms with Gasteiger partial charge in [-0.05, 0) is 31.9 Å². The van der Waals surface area contributed by atoms with Crippen LogP contribution in [0.3, 0.4) is 0 Å². The molecule has 0 unspecified atom stereocenters. The predicted molar refractivity (Wildman–Crippen MR) is 73.0 cm³/mol. The number of hydrogen-bond donors (Lipinski definition) is 1. The molecule has 0 atom stereocenters. The van der Waals surface area contributed by atoms with Crippen molar-refractivity contribution in [3.05, 3.63) is 29.8 Å². The Labute approximate surface area is 108 Å². The van der Waals surface area contributed by atoms with E-state index < -0.39 is 11.4 Å². The van der Waals surface area contributed by atoms with Crippen molar-refractivity contribution < 1.29 is 9.90 Å². The van der Waals surface area contributed by atoms with Gasteiger partial charge in [0.1, 0.15) is 0 Å². The van der Waals surface area contributed by atoms with E-state index in [1.807, 2.05) is 7.05 Å². The van der Waals surface area contributed by atoms with Crippen LogP contribution in [0.1, 0.15) is 31.2 Å². The maximum Gasteiger partial charge on any atom is 0.311 e. The normalized spacial score (nSPS) is 17.7. The topological polar surface area (TPSA) is 40.5 Å². The summed E-state index contributed by atoms with van der Waals surface area (Å²) in [5, 5.41) is 9.48. The number of nitrogens with zero attached hydrogens (tertiary/aromatic N) is 1. The lowest BCUT2D eigenvalue weighted by molar-refractivity contribution is -0.148. The first kappa shape index (κ1) is 12.9. The zero-order valence-corrected chi connectivity index (χ0v) is 11.1. The van der Waals surface area contributed by atoms with Gasteiger partial charge in [-0.3, -0.25) is 4.79 Å². The van der Waals surface area contributed by atoms with Crippen LogP contribution in [-0.2, 0) is 4.79 Å². The van der Waals surface area contributed by atoms with Gasteiger partial charge in [0.15, 0.2) is 0 Å². The number of aliphatic carboxylic acids is 1. The number of carboxylic acid groups (broad SMARTS) is 1. The van der Waals surface area contributed by atoms with Gasteiger partial charge in [-0.15, -0.1) is 0 Å². The molecule has 0 bridgehead atoms. The first-order chi connectivity index (χ1) is 8.53. The van der Waals surface area contributed by atoms with Crippen LogP contribution >= 0.6 is 0 Å².